The maximum atomic E-state index is 12.0. The first kappa shape index (κ1) is 14.5. The molecule has 1 fully saturated rings. The number of hydrogen-bond donors (Lipinski definition) is 1. The van der Waals surface area contributed by atoms with Crippen LogP contribution in [-0.2, 0) is 9.53 Å². The van der Waals surface area contributed by atoms with Crippen LogP contribution in [0, 0.1) is 17.3 Å². The Bertz CT molecular complexity index is 286. The minimum atomic E-state index is -0.420. The van der Waals surface area contributed by atoms with E-state index in [0.717, 1.165) is 12.8 Å². The SMILES string of the molecule is CC(C)(C)OC(=O)[C@H]1CC[C@@H](C(C)(C)C)[C@@H]1N. The van der Waals surface area contributed by atoms with Crippen LogP contribution < -0.4 is 5.73 Å². The summed E-state index contributed by atoms with van der Waals surface area (Å²) in [5, 5.41) is 0. The molecule has 0 aromatic carbocycles. The average Bonchev–Trinajstić information content (AvgIpc) is 2.42. The monoisotopic (exact) mass is 241 g/mol. The molecule has 0 saturated heterocycles. The van der Waals surface area contributed by atoms with Gasteiger partial charge in [-0.2, -0.15) is 0 Å². The largest absolute Gasteiger partial charge is 0.460 e. The first-order valence-electron chi connectivity index (χ1n) is 6.51. The lowest BCUT2D eigenvalue weighted by atomic mass is 9.77. The topological polar surface area (TPSA) is 52.3 Å². The molecule has 0 aromatic heterocycles. The van der Waals surface area contributed by atoms with E-state index in [0.29, 0.717) is 5.92 Å². The molecule has 3 atom stereocenters. The molecule has 1 rings (SSSR count). The fraction of sp³-hybridized carbons (Fsp3) is 0.929. The second-order valence-corrected chi connectivity index (χ2v) is 7.27. The summed E-state index contributed by atoms with van der Waals surface area (Å²) in [5.41, 5.74) is 5.97. The van der Waals surface area contributed by atoms with Crippen molar-refractivity contribution < 1.29 is 9.53 Å². The Balaban J connectivity index is 2.68. The average molecular weight is 241 g/mol. The van der Waals surface area contributed by atoms with E-state index in [9.17, 15) is 4.79 Å². The van der Waals surface area contributed by atoms with Crippen molar-refractivity contribution in [3.05, 3.63) is 0 Å². The van der Waals surface area contributed by atoms with Gasteiger partial charge >= 0.3 is 5.97 Å². The molecule has 100 valence electrons. The molecule has 1 aliphatic carbocycles. The minimum Gasteiger partial charge on any atom is -0.460 e. The normalized spacial score (nSPS) is 30.4. The van der Waals surface area contributed by atoms with E-state index in [2.05, 4.69) is 20.8 Å². The molecule has 2 N–H and O–H groups in total. The first-order valence-corrected chi connectivity index (χ1v) is 6.51. The summed E-state index contributed by atoms with van der Waals surface area (Å²) in [6.45, 7) is 12.3. The van der Waals surface area contributed by atoms with Gasteiger partial charge in [0.1, 0.15) is 5.60 Å². The minimum absolute atomic E-state index is 0.0650. The van der Waals surface area contributed by atoms with Crippen molar-refractivity contribution in [1.29, 1.82) is 0 Å². The number of rotatable bonds is 1. The number of carbonyl (C=O) groups excluding carboxylic acids is 1. The number of ether oxygens (including phenoxy) is 1. The summed E-state index contributed by atoms with van der Waals surface area (Å²) >= 11 is 0. The Labute approximate surface area is 105 Å². The first-order chi connectivity index (χ1) is 7.52. The molecule has 0 amide bonds. The molecule has 0 heterocycles. The van der Waals surface area contributed by atoms with Crippen LogP contribution in [-0.4, -0.2) is 17.6 Å². The van der Waals surface area contributed by atoms with E-state index in [-0.39, 0.29) is 23.3 Å². The van der Waals surface area contributed by atoms with Gasteiger partial charge < -0.3 is 10.5 Å². The van der Waals surface area contributed by atoms with Crippen molar-refractivity contribution in [1.82, 2.24) is 0 Å². The van der Waals surface area contributed by atoms with E-state index in [1.165, 1.54) is 0 Å². The van der Waals surface area contributed by atoms with E-state index < -0.39 is 5.60 Å². The van der Waals surface area contributed by atoms with Crippen molar-refractivity contribution >= 4 is 5.97 Å². The van der Waals surface area contributed by atoms with Crippen LogP contribution >= 0.6 is 0 Å². The molecule has 0 aromatic rings. The second-order valence-electron chi connectivity index (χ2n) is 7.27. The predicted octanol–water partition coefficient (Wildman–Crippen LogP) is 2.73. The fourth-order valence-corrected chi connectivity index (χ4v) is 2.69. The van der Waals surface area contributed by atoms with E-state index in [1.54, 1.807) is 0 Å². The molecule has 0 spiro atoms. The van der Waals surface area contributed by atoms with Gasteiger partial charge in [0.2, 0.25) is 0 Å². The van der Waals surface area contributed by atoms with Gasteiger partial charge in [0, 0.05) is 6.04 Å². The van der Waals surface area contributed by atoms with Crippen molar-refractivity contribution in [2.24, 2.45) is 23.0 Å². The third-order valence-corrected chi connectivity index (χ3v) is 3.54. The maximum Gasteiger partial charge on any atom is 0.311 e. The smallest absolute Gasteiger partial charge is 0.311 e. The highest BCUT2D eigenvalue weighted by Crippen LogP contribution is 2.42. The Kier molecular flexibility index (Phi) is 3.92. The van der Waals surface area contributed by atoms with Crippen molar-refractivity contribution in [3.63, 3.8) is 0 Å². The van der Waals surface area contributed by atoms with Gasteiger partial charge in [-0.15, -0.1) is 0 Å². The van der Waals surface area contributed by atoms with Gasteiger partial charge in [0.15, 0.2) is 0 Å². The molecule has 17 heavy (non-hydrogen) atoms. The zero-order chi connectivity index (χ0) is 13.4. The molecule has 1 saturated carbocycles. The molecule has 0 bridgehead atoms. The summed E-state index contributed by atoms with van der Waals surface area (Å²) in [7, 11) is 0. The van der Waals surface area contributed by atoms with Gasteiger partial charge in [-0.25, -0.2) is 0 Å². The lowest BCUT2D eigenvalue weighted by Crippen LogP contribution is -2.42. The fourth-order valence-electron chi connectivity index (χ4n) is 2.69. The number of carbonyl (C=O) groups is 1. The van der Waals surface area contributed by atoms with Crippen molar-refractivity contribution in [2.75, 3.05) is 0 Å². The molecule has 1 aliphatic rings. The van der Waals surface area contributed by atoms with Crippen LogP contribution in [0.15, 0.2) is 0 Å². The third kappa shape index (κ3) is 3.70. The highest BCUT2D eigenvalue weighted by Gasteiger charge is 2.44. The van der Waals surface area contributed by atoms with Gasteiger partial charge in [-0.1, -0.05) is 20.8 Å². The zero-order valence-electron chi connectivity index (χ0n) is 12.0. The van der Waals surface area contributed by atoms with Crippen LogP contribution in [0.25, 0.3) is 0 Å². The lowest BCUT2D eigenvalue weighted by Gasteiger charge is -2.32. The quantitative estimate of drug-likeness (QED) is 0.718. The Hall–Kier alpha value is -0.570. The standard InChI is InChI=1S/C14H27NO2/c1-13(2,3)10-8-7-9(11(10)15)12(16)17-14(4,5)6/h9-11H,7-8,15H2,1-6H3/t9-,10+,11+/m0/s1. The summed E-state index contributed by atoms with van der Waals surface area (Å²) in [6, 6.07) is -0.0650. The Morgan fingerprint density at radius 3 is 2.00 bits per heavy atom. The Morgan fingerprint density at radius 2 is 1.65 bits per heavy atom. The van der Waals surface area contributed by atoms with E-state index in [1.807, 2.05) is 20.8 Å². The zero-order valence-corrected chi connectivity index (χ0v) is 12.0. The van der Waals surface area contributed by atoms with Gasteiger partial charge in [0.25, 0.3) is 0 Å². The van der Waals surface area contributed by atoms with Crippen LogP contribution in [0.1, 0.15) is 54.4 Å². The molecular weight excluding hydrogens is 214 g/mol. The number of esters is 1. The second kappa shape index (κ2) is 4.60. The predicted molar refractivity (Wildman–Crippen MR) is 69.5 cm³/mol. The summed E-state index contributed by atoms with van der Waals surface area (Å²) in [4.78, 5) is 12.0. The van der Waals surface area contributed by atoms with Crippen molar-refractivity contribution in [3.8, 4) is 0 Å². The molecule has 0 unspecified atom stereocenters. The molecule has 3 nitrogen and oxygen atoms in total. The highest BCUT2D eigenvalue weighted by atomic mass is 16.6. The number of hydrogen-bond acceptors (Lipinski definition) is 3. The molecule has 0 radical (unpaired) electrons. The van der Waals surface area contributed by atoms with Crippen LogP contribution in [0.5, 0.6) is 0 Å². The van der Waals surface area contributed by atoms with E-state index in [4.69, 9.17) is 10.5 Å². The van der Waals surface area contributed by atoms with Crippen molar-refractivity contribution in [2.45, 2.75) is 66.0 Å². The summed E-state index contributed by atoms with van der Waals surface area (Å²) in [6.07, 6.45) is 1.88. The highest BCUT2D eigenvalue weighted by molar-refractivity contribution is 5.74. The maximum absolute atomic E-state index is 12.0. The molecular formula is C14H27NO2. The third-order valence-electron chi connectivity index (χ3n) is 3.54. The number of nitrogens with two attached hydrogens (primary N) is 1. The molecule has 3 heteroatoms. The van der Waals surface area contributed by atoms with Crippen LogP contribution in [0.2, 0.25) is 0 Å². The lowest BCUT2D eigenvalue weighted by molar-refractivity contribution is -0.160. The van der Waals surface area contributed by atoms with Crippen LogP contribution in [0.3, 0.4) is 0 Å². The molecule has 0 aliphatic heterocycles. The van der Waals surface area contributed by atoms with Crippen LogP contribution in [0.4, 0.5) is 0 Å². The van der Waals surface area contributed by atoms with Gasteiger partial charge in [-0.3, -0.25) is 4.79 Å². The van der Waals surface area contributed by atoms with E-state index >= 15 is 0 Å². The summed E-state index contributed by atoms with van der Waals surface area (Å²) < 4.78 is 5.43. The summed E-state index contributed by atoms with van der Waals surface area (Å²) in [5.74, 6) is 0.148. The van der Waals surface area contributed by atoms with Gasteiger partial charge in [-0.05, 0) is 44.9 Å². The van der Waals surface area contributed by atoms with Gasteiger partial charge in [0.05, 0.1) is 5.92 Å². The Morgan fingerprint density at radius 1 is 1.12 bits per heavy atom.